The zero-order valence-corrected chi connectivity index (χ0v) is 15.3. The molecule has 0 spiro atoms. The van der Waals surface area contributed by atoms with Crippen LogP contribution in [0, 0.1) is 0 Å². The normalized spacial score (nSPS) is 14.5. The Hall–Kier alpha value is -1.41. The lowest BCUT2D eigenvalue weighted by Crippen LogP contribution is -2.42. The summed E-state index contributed by atoms with van der Waals surface area (Å²) in [7, 11) is 5.19. The van der Waals surface area contributed by atoms with Gasteiger partial charge in [0.1, 0.15) is 5.88 Å². The Morgan fingerprint density at radius 1 is 1.41 bits per heavy atom. The molecule has 0 N–H and O–H groups in total. The van der Waals surface area contributed by atoms with Crippen LogP contribution in [-0.2, 0) is 10.2 Å². The molecule has 0 fully saturated rings. The Kier molecular flexibility index (Phi) is 5.75. The predicted molar refractivity (Wildman–Crippen MR) is 86.7 cm³/mol. The fraction of sp³-hybridized carbons (Fsp3) is 0.714. The standard InChI is InChI=1S/C14H26N5O2S/c1-8-19(7,9-20)10-22-12-15-11(14(2,3)4)16-18(12)13(21)17(5)6/h9H,8,10H2,1-7H3/q+1. The number of aromatic nitrogens is 3. The van der Waals surface area contributed by atoms with Crippen LogP contribution >= 0.6 is 11.8 Å². The lowest BCUT2D eigenvalue weighted by atomic mass is 9.96. The molecule has 0 bridgehead atoms. The summed E-state index contributed by atoms with van der Waals surface area (Å²) >= 11 is 1.37. The molecule has 2 amide bonds. The van der Waals surface area contributed by atoms with E-state index in [0.29, 0.717) is 23.4 Å². The third kappa shape index (κ3) is 4.30. The van der Waals surface area contributed by atoms with Crippen molar-refractivity contribution in [3.8, 4) is 0 Å². The number of carbonyl (C=O) groups is 2. The van der Waals surface area contributed by atoms with Crippen molar-refractivity contribution in [2.45, 2.75) is 38.3 Å². The third-order valence-electron chi connectivity index (χ3n) is 3.28. The van der Waals surface area contributed by atoms with Crippen molar-refractivity contribution in [2.24, 2.45) is 0 Å². The minimum absolute atomic E-state index is 0.248. The van der Waals surface area contributed by atoms with Gasteiger partial charge in [0.05, 0.1) is 13.6 Å². The first-order valence-electron chi connectivity index (χ1n) is 7.16. The van der Waals surface area contributed by atoms with E-state index < -0.39 is 0 Å². The number of thioether (sulfide) groups is 1. The summed E-state index contributed by atoms with van der Waals surface area (Å²) in [6, 6.07) is -0.248. The first-order valence-corrected chi connectivity index (χ1v) is 8.15. The summed E-state index contributed by atoms with van der Waals surface area (Å²) in [5.74, 6) is 1.12. The average Bonchev–Trinajstić information content (AvgIpc) is 2.88. The maximum atomic E-state index is 12.3. The first kappa shape index (κ1) is 18.6. The van der Waals surface area contributed by atoms with E-state index in [2.05, 4.69) is 10.1 Å². The van der Waals surface area contributed by atoms with Crippen molar-refractivity contribution >= 4 is 24.2 Å². The maximum Gasteiger partial charge on any atom is 0.346 e. The van der Waals surface area contributed by atoms with Crippen molar-refractivity contribution in [1.29, 1.82) is 0 Å². The van der Waals surface area contributed by atoms with Gasteiger partial charge in [-0.1, -0.05) is 20.8 Å². The number of hydrogen-bond acceptors (Lipinski definition) is 5. The third-order valence-corrected chi connectivity index (χ3v) is 4.52. The summed E-state index contributed by atoms with van der Waals surface area (Å²) in [5, 5.41) is 4.87. The minimum atomic E-state index is -0.249. The van der Waals surface area contributed by atoms with Gasteiger partial charge in [-0.15, -0.1) is 5.10 Å². The molecule has 0 radical (unpaired) electrons. The van der Waals surface area contributed by atoms with Gasteiger partial charge in [-0.25, -0.2) is 14.6 Å². The highest BCUT2D eigenvalue weighted by Gasteiger charge is 2.27. The van der Waals surface area contributed by atoms with Gasteiger partial charge in [0, 0.05) is 19.5 Å². The van der Waals surface area contributed by atoms with Gasteiger partial charge in [-0.05, 0) is 18.7 Å². The molecule has 0 saturated carbocycles. The van der Waals surface area contributed by atoms with E-state index in [4.69, 9.17) is 0 Å². The SMILES string of the molecule is CC[N+](C)(C=O)CSc1nc(C(C)(C)C)nn1C(=O)N(C)C. The van der Waals surface area contributed by atoms with Gasteiger partial charge in [-0.2, -0.15) is 4.68 Å². The summed E-state index contributed by atoms with van der Waals surface area (Å²) in [6.45, 7) is 8.63. The highest BCUT2D eigenvalue weighted by Crippen LogP contribution is 2.25. The van der Waals surface area contributed by atoms with Gasteiger partial charge >= 0.3 is 12.4 Å². The first-order chi connectivity index (χ1) is 10.0. The van der Waals surface area contributed by atoms with Gasteiger partial charge in [0.25, 0.3) is 0 Å². The fourth-order valence-corrected chi connectivity index (χ4v) is 2.47. The van der Waals surface area contributed by atoms with E-state index in [9.17, 15) is 9.59 Å². The van der Waals surface area contributed by atoms with Crippen LogP contribution in [0.4, 0.5) is 4.79 Å². The van der Waals surface area contributed by atoms with Crippen LogP contribution < -0.4 is 0 Å². The van der Waals surface area contributed by atoms with E-state index in [1.165, 1.54) is 21.3 Å². The second-order valence-electron chi connectivity index (χ2n) is 6.73. The average molecular weight is 328 g/mol. The van der Waals surface area contributed by atoms with Crippen molar-refractivity contribution in [3.05, 3.63) is 5.82 Å². The largest absolute Gasteiger partial charge is 0.346 e. The second kappa shape index (κ2) is 6.78. The molecule has 124 valence electrons. The van der Waals surface area contributed by atoms with Gasteiger partial charge in [0.15, 0.2) is 5.82 Å². The van der Waals surface area contributed by atoms with Gasteiger partial charge in [0.2, 0.25) is 5.16 Å². The number of hydrogen-bond donors (Lipinski definition) is 0. The van der Waals surface area contributed by atoms with E-state index >= 15 is 0 Å². The van der Waals surface area contributed by atoms with E-state index in [-0.39, 0.29) is 15.9 Å². The molecule has 22 heavy (non-hydrogen) atoms. The lowest BCUT2D eigenvalue weighted by molar-refractivity contribution is -0.809. The van der Waals surface area contributed by atoms with E-state index in [0.717, 1.165) is 6.41 Å². The zero-order chi connectivity index (χ0) is 17.1. The van der Waals surface area contributed by atoms with Crippen LogP contribution in [0.25, 0.3) is 0 Å². The maximum absolute atomic E-state index is 12.3. The summed E-state index contributed by atoms with van der Waals surface area (Å²) in [6.07, 6.45) is 0.909. The Morgan fingerprint density at radius 3 is 2.41 bits per heavy atom. The fourth-order valence-electron chi connectivity index (χ4n) is 1.42. The van der Waals surface area contributed by atoms with Crippen molar-refractivity contribution in [2.75, 3.05) is 33.6 Å². The predicted octanol–water partition coefficient (Wildman–Crippen LogP) is 1.78. The van der Waals surface area contributed by atoms with Crippen molar-refractivity contribution in [1.82, 2.24) is 19.7 Å². The molecular weight excluding hydrogens is 302 g/mol. The van der Waals surface area contributed by atoms with Crippen LogP contribution in [0.15, 0.2) is 5.16 Å². The number of carbonyl (C=O) groups excluding carboxylic acids is 2. The summed E-state index contributed by atoms with van der Waals surface area (Å²) in [5.41, 5.74) is -0.249. The lowest BCUT2D eigenvalue weighted by Gasteiger charge is -2.24. The molecular formula is C14H26N5O2S+. The van der Waals surface area contributed by atoms with Gasteiger partial charge in [-0.3, -0.25) is 4.48 Å². The van der Waals surface area contributed by atoms with Crippen LogP contribution in [0.5, 0.6) is 0 Å². The molecule has 1 unspecified atom stereocenters. The van der Waals surface area contributed by atoms with Crippen LogP contribution in [0.2, 0.25) is 0 Å². The summed E-state index contributed by atoms with van der Waals surface area (Å²) in [4.78, 5) is 29.4. The molecule has 7 nitrogen and oxygen atoms in total. The second-order valence-corrected chi connectivity index (χ2v) is 7.64. The van der Waals surface area contributed by atoms with Crippen molar-refractivity contribution < 1.29 is 14.1 Å². The Morgan fingerprint density at radius 2 is 2.00 bits per heavy atom. The molecule has 1 aromatic heterocycles. The molecule has 0 aliphatic heterocycles. The molecule has 0 aliphatic carbocycles. The Balaban J connectivity index is 3.13. The molecule has 0 aromatic carbocycles. The van der Waals surface area contributed by atoms with E-state index in [1.807, 2.05) is 34.7 Å². The Labute approximate surface area is 136 Å². The molecule has 0 aliphatic rings. The number of amides is 2. The molecule has 1 heterocycles. The molecule has 0 saturated heterocycles. The quantitative estimate of drug-likeness (QED) is 0.357. The molecule has 1 rings (SSSR count). The molecule has 1 aromatic rings. The van der Waals surface area contributed by atoms with Crippen LogP contribution in [0.3, 0.4) is 0 Å². The summed E-state index contributed by atoms with van der Waals surface area (Å²) < 4.78 is 1.56. The highest BCUT2D eigenvalue weighted by atomic mass is 32.2. The van der Waals surface area contributed by atoms with Gasteiger partial charge < -0.3 is 4.90 Å². The van der Waals surface area contributed by atoms with Crippen LogP contribution in [0.1, 0.15) is 33.5 Å². The zero-order valence-electron chi connectivity index (χ0n) is 14.5. The highest BCUT2D eigenvalue weighted by molar-refractivity contribution is 7.99. The van der Waals surface area contributed by atoms with Crippen LogP contribution in [-0.4, -0.2) is 70.2 Å². The van der Waals surface area contributed by atoms with Crippen molar-refractivity contribution in [3.63, 3.8) is 0 Å². The monoisotopic (exact) mass is 328 g/mol. The molecule has 8 heteroatoms. The Bertz CT molecular complexity index is 550. The smallest absolute Gasteiger partial charge is 0.329 e. The number of rotatable bonds is 5. The number of quaternary nitrogens is 1. The molecule has 1 atom stereocenters. The van der Waals surface area contributed by atoms with E-state index in [1.54, 1.807) is 14.1 Å². The minimum Gasteiger partial charge on any atom is -0.329 e. The number of nitrogens with zero attached hydrogens (tertiary/aromatic N) is 5. The topological polar surface area (TPSA) is 68.1 Å².